The summed E-state index contributed by atoms with van der Waals surface area (Å²) in [6, 6.07) is 14.8. The van der Waals surface area contributed by atoms with E-state index in [-0.39, 0.29) is 5.57 Å². The van der Waals surface area contributed by atoms with Crippen molar-refractivity contribution >= 4 is 28.5 Å². The van der Waals surface area contributed by atoms with Crippen molar-refractivity contribution in [1.82, 2.24) is 10.2 Å². The van der Waals surface area contributed by atoms with Crippen LogP contribution in [0.4, 0.5) is 5.13 Å². The number of rotatable bonds is 14. The van der Waals surface area contributed by atoms with Gasteiger partial charge in [-0.3, -0.25) is 10.1 Å². The van der Waals surface area contributed by atoms with Gasteiger partial charge in [0.2, 0.25) is 5.13 Å². The highest BCUT2D eigenvalue weighted by molar-refractivity contribution is 7.15. The SMILES string of the molecule is C=CCc1ccc(OCCOc2ccc(/C=C(/C#N)C(=O)Nc3nnc(CCCC)s3)cc2)c(OC)c1. The molecular formula is C28H30N4O4S. The molecule has 9 heteroatoms. The molecule has 0 aliphatic rings. The first-order valence-corrected chi connectivity index (χ1v) is 12.8. The second-order valence-electron chi connectivity index (χ2n) is 7.97. The molecule has 0 aliphatic heterocycles. The molecule has 0 aliphatic carbocycles. The third kappa shape index (κ3) is 8.47. The molecule has 192 valence electrons. The molecule has 0 fully saturated rings. The van der Waals surface area contributed by atoms with Crippen molar-refractivity contribution in [3.05, 3.63) is 76.8 Å². The van der Waals surface area contributed by atoms with Crippen molar-refractivity contribution in [2.45, 2.75) is 32.6 Å². The van der Waals surface area contributed by atoms with Gasteiger partial charge in [0.25, 0.3) is 5.91 Å². The van der Waals surface area contributed by atoms with Crippen LogP contribution >= 0.6 is 11.3 Å². The number of methoxy groups -OCH3 is 1. The van der Waals surface area contributed by atoms with Crippen molar-refractivity contribution in [2.24, 2.45) is 0 Å². The third-order valence-corrected chi connectivity index (χ3v) is 6.10. The van der Waals surface area contributed by atoms with Crippen LogP contribution in [0.3, 0.4) is 0 Å². The fraction of sp³-hybridized carbons (Fsp3) is 0.286. The standard InChI is InChI=1S/C28H30N4O4S/c1-4-6-8-26-31-32-28(37-26)30-27(33)22(19-29)17-21-9-12-23(13-10-21)35-15-16-36-24-14-11-20(7-5-2)18-25(24)34-3/h5,9-14,17-18H,2,4,6-8,15-16H2,1,3H3,(H,30,32,33)/b22-17-. The number of allylic oxidation sites excluding steroid dienone is 1. The van der Waals surface area contributed by atoms with Gasteiger partial charge in [0.1, 0.15) is 35.6 Å². The maximum atomic E-state index is 12.5. The number of ether oxygens (including phenoxy) is 3. The number of carbonyl (C=O) groups excluding carboxylic acids is 1. The maximum absolute atomic E-state index is 12.5. The number of anilines is 1. The average Bonchev–Trinajstić information content (AvgIpc) is 3.36. The van der Waals surface area contributed by atoms with Gasteiger partial charge in [-0.1, -0.05) is 49.0 Å². The van der Waals surface area contributed by atoms with Crippen LogP contribution in [0, 0.1) is 11.3 Å². The van der Waals surface area contributed by atoms with E-state index in [1.54, 1.807) is 31.4 Å². The minimum atomic E-state index is -0.522. The largest absolute Gasteiger partial charge is 0.493 e. The highest BCUT2D eigenvalue weighted by atomic mass is 32.1. The molecule has 37 heavy (non-hydrogen) atoms. The van der Waals surface area contributed by atoms with Gasteiger partial charge in [0, 0.05) is 6.42 Å². The van der Waals surface area contributed by atoms with Gasteiger partial charge in [0.05, 0.1) is 7.11 Å². The van der Waals surface area contributed by atoms with Gasteiger partial charge in [0.15, 0.2) is 11.5 Å². The summed E-state index contributed by atoms with van der Waals surface area (Å²) in [7, 11) is 1.61. The molecular weight excluding hydrogens is 488 g/mol. The maximum Gasteiger partial charge on any atom is 0.268 e. The molecule has 0 saturated carbocycles. The lowest BCUT2D eigenvalue weighted by atomic mass is 10.1. The number of aryl methyl sites for hydroxylation is 1. The summed E-state index contributed by atoms with van der Waals surface area (Å²) >= 11 is 1.32. The van der Waals surface area contributed by atoms with Gasteiger partial charge in [-0.05, 0) is 54.3 Å². The van der Waals surface area contributed by atoms with E-state index in [4.69, 9.17) is 14.2 Å². The van der Waals surface area contributed by atoms with Crippen LogP contribution < -0.4 is 19.5 Å². The predicted octanol–water partition coefficient (Wildman–Crippen LogP) is 5.62. The van der Waals surface area contributed by atoms with E-state index in [1.165, 1.54) is 17.4 Å². The summed E-state index contributed by atoms with van der Waals surface area (Å²) < 4.78 is 16.9. The summed E-state index contributed by atoms with van der Waals surface area (Å²) in [5.41, 5.74) is 1.76. The van der Waals surface area contributed by atoms with E-state index < -0.39 is 5.91 Å². The average molecular weight is 519 g/mol. The fourth-order valence-corrected chi connectivity index (χ4v) is 4.09. The molecule has 8 nitrogen and oxygen atoms in total. The van der Waals surface area contributed by atoms with E-state index in [0.29, 0.717) is 41.2 Å². The van der Waals surface area contributed by atoms with Crippen LogP contribution in [0.5, 0.6) is 17.2 Å². The molecule has 1 aromatic heterocycles. The Morgan fingerprint density at radius 2 is 1.92 bits per heavy atom. The smallest absolute Gasteiger partial charge is 0.268 e. The number of aromatic nitrogens is 2. The highest BCUT2D eigenvalue weighted by Gasteiger charge is 2.13. The monoisotopic (exact) mass is 518 g/mol. The number of nitriles is 1. The Balaban J connectivity index is 1.50. The third-order valence-electron chi connectivity index (χ3n) is 5.21. The summed E-state index contributed by atoms with van der Waals surface area (Å²) in [6.07, 6.45) is 7.00. The Morgan fingerprint density at radius 3 is 2.62 bits per heavy atom. The number of hydrogen-bond acceptors (Lipinski definition) is 8. The summed E-state index contributed by atoms with van der Waals surface area (Å²) in [5, 5.41) is 21.4. The Bertz CT molecular complexity index is 1260. The molecule has 0 bridgehead atoms. The molecule has 1 amide bonds. The molecule has 0 saturated heterocycles. The lowest BCUT2D eigenvalue weighted by Gasteiger charge is -2.12. The van der Waals surface area contributed by atoms with Gasteiger partial charge in [-0.2, -0.15) is 5.26 Å². The second-order valence-corrected chi connectivity index (χ2v) is 9.03. The van der Waals surface area contributed by atoms with Gasteiger partial charge in [-0.15, -0.1) is 16.8 Å². The lowest BCUT2D eigenvalue weighted by Crippen LogP contribution is -2.13. The van der Waals surface area contributed by atoms with Crippen molar-refractivity contribution in [3.8, 4) is 23.3 Å². The van der Waals surface area contributed by atoms with Crippen LogP contribution in [0.2, 0.25) is 0 Å². The highest BCUT2D eigenvalue weighted by Crippen LogP contribution is 2.28. The first-order chi connectivity index (χ1) is 18.1. The van der Waals surface area contributed by atoms with E-state index in [0.717, 1.165) is 36.3 Å². The van der Waals surface area contributed by atoms with Crippen LogP contribution in [-0.4, -0.2) is 36.4 Å². The first kappa shape index (κ1) is 27.4. The molecule has 3 aromatic rings. The second kappa shape index (κ2) is 14.4. The van der Waals surface area contributed by atoms with Crippen LogP contribution in [0.25, 0.3) is 6.08 Å². The Labute approximate surface area is 221 Å². The number of hydrogen-bond donors (Lipinski definition) is 1. The number of benzene rings is 2. The van der Waals surface area contributed by atoms with E-state index in [9.17, 15) is 10.1 Å². The quantitative estimate of drug-likeness (QED) is 0.128. The minimum absolute atomic E-state index is 0.0274. The lowest BCUT2D eigenvalue weighted by molar-refractivity contribution is -0.112. The normalized spacial score (nSPS) is 10.9. The van der Waals surface area contributed by atoms with Crippen molar-refractivity contribution < 1.29 is 19.0 Å². The minimum Gasteiger partial charge on any atom is -0.493 e. The first-order valence-electron chi connectivity index (χ1n) is 11.9. The predicted molar refractivity (Wildman–Crippen MR) is 145 cm³/mol. The zero-order valence-electron chi connectivity index (χ0n) is 21.0. The van der Waals surface area contributed by atoms with Crippen LogP contribution in [-0.2, 0) is 17.6 Å². The van der Waals surface area contributed by atoms with Crippen molar-refractivity contribution in [1.29, 1.82) is 5.26 Å². The Hall–Kier alpha value is -4.16. The van der Waals surface area contributed by atoms with Crippen LogP contribution in [0.1, 0.15) is 35.9 Å². The van der Waals surface area contributed by atoms with Gasteiger partial charge in [-0.25, -0.2) is 0 Å². The van der Waals surface area contributed by atoms with Crippen molar-refractivity contribution in [2.75, 3.05) is 25.6 Å². The summed E-state index contributed by atoms with van der Waals surface area (Å²) in [4.78, 5) is 12.5. The Kier molecular flexibility index (Phi) is 10.7. The topological polar surface area (TPSA) is 106 Å². The molecule has 0 spiro atoms. The van der Waals surface area contributed by atoms with Crippen LogP contribution in [0.15, 0.2) is 60.7 Å². The Morgan fingerprint density at radius 1 is 1.14 bits per heavy atom. The fourth-order valence-electron chi connectivity index (χ4n) is 3.31. The summed E-state index contributed by atoms with van der Waals surface area (Å²) in [6.45, 7) is 6.52. The van der Waals surface area contributed by atoms with E-state index in [2.05, 4.69) is 29.0 Å². The molecule has 1 heterocycles. The number of carbonyl (C=O) groups is 1. The molecule has 3 rings (SSSR count). The summed E-state index contributed by atoms with van der Waals surface area (Å²) in [5.74, 6) is 1.43. The van der Waals surface area contributed by atoms with Gasteiger partial charge >= 0.3 is 0 Å². The number of amides is 1. The molecule has 0 radical (unpaired) electrons. The number of nitrogens with one attached hydrogen (secondary N) is 1. The van der Waals surface area contributed by atoms with Crippen molar-refractivity contribution in [3.63, 3.8) is 0 Å². The molecule has 0 atom stereocenters. The molecule has 1 N–H and O–H groups in total. The zero-order chi connectivity index (χ0) is 26.5. The molecule has 2 aromatic carbocycles. The number of nitrogens with zero attached hydrogens (tertiary/aromatic N) is 3. The van der Waals surface area contributed by atoms with E-state index in [1.807, 2.05) is 30.3 Å². The molecule has 0 unspecified atom stereocenters. The zero-order valence-corrected chi connectivity index (χ0v) is 21.8. The number of unbranched alkanes of at least 4 members (excludes halogenated alkanes) is 1. The van der Waals surface area contributed by atoms with Gasteiger partial charge < -0.3 is 14.2 Å². The van der Waals surface area contributed by atoms with E-state index >= 15 is 0 Å².